The number of benzene rings is 1. The fourth-order valence-corrected chi connectivity index (χ4v) is 2.99. The highest BCUT2D eigenvalue weighted by Gasteiger charge is 2.22. The van der Waals surface area contributed by atoms with Gasteiger partial charge in [0.15, 0.2) is 0 Å². The van der Waals surface area contributed by atoms with Crippen molar-refractivity contribution < 1.29 is 0 Å². The van der Waals surface area contributed by atoms with Gasteiger partial charge >= 0.3 is 0 Å². The molecule has 1 aromatic heterocycles. The zero-order valence-corrected chi connectivity index (χ0v) is 10.9. The molecular weight excluding hydrogens is 256 g/mol. The van der Waals surface area contributed by atoms with Crippen LogP contribution in [0.3, 0.4) is 0 Å². The van der Waals surface area contributed by atoms with E-state index in [4.69, 9.17) is 10.8 Å². The largest absolute Gasteiger partial charge is 0.291 e. The summed E-state index contributed by atoms with van der Waals surface area (Å²) in [7, 11) is 0. The van der Waals surface area contributed by atoms with Crippen molar-refractivity contribution in [2.24, 2.45) is 4.99 Å². The van der Waals surface area contributed by atoms with Gasteiger partial charge < -0.3 is 0 Å². The first-order chi connectivity index (χ1) is 9.31. The third-order valence-corrected chi connectivity index (χ3v) is 3.88. The van der Waals surface area contributed by atoms with E-state index in [1.54, 1.807) is 4.90 Å². The molecule has 0 saturated heterocycles. The molecule has 0 unspecified atom stereocenters. The lowest BCUT2D eigenvalue weighted by atomic mass is 10.0. The lowest BCUT2D eigenvalue weighted by Gasteiger charge is -2.15. The van der Waals surface area contributed by atoms with Crippen LogP contribution in [0.2, 0.25) is 0 Å². The summed E-state index contributed by atoms with van der Waals surface area (Å²) in [4.78, 5) is 6.12. The summed E-state index contributed by atoms with van der Waals surface area (Å²) in [6, 6.07) is 12.0. The van der Waals surface area contributed by atoms with Gasteiger partial charge in [-0.2, -0.15) is 0 Å². The smallest absolute Gasteiger partial charge is 0.128 e. The molecule has 19 heavy (non-hydrogen) atoms. The zero-order valence-electron chi connectivity index (χ0n) is 10.1. The third kappa shape index (κ3) is 1.98. The molecule has 0 radical (unpaired) electrons. The molecule has 1 aliphatic heterocycles. The number of hydrogen-bond donors (Lipinski definition) is 2. The van der Waals surface area contributed by atoms with E-state index < -0.39 is 0 Å². The summed E-state index contributed by atoms with van der Waals surface area (Å²) < 4.78 is 0. The Bertz CT molecular complexity index is 657. The molecule has 3 rings (SSSR count). The van der Waals surface area contributed by atoms with E-state index in [-0.39, 0.29) is 0 Å². The van der Waals surface area contributed by atoms with E-state index in [0.29, 0.717) is 12.4 Å². The van der Waals surface area contributed by atoms with Gasteiger partial charge in [0.25, 0.3) is 0 Å². The van der Waals surface area contributed by atoms with Crippen molar-refractivity contribution >= 4 is 34.2 Å². The molecule has 0 saturated carbocycles. The monoisotopic (exact) mass is 268 g/mol. The second-order valence-corrected chi connectivity index (χ2v) is 5.01. The number of nitrogens with zero attached hydrogens (tertiary/aromatic N) is 2. The predicted octanol–water partition coefficient (Wildman–Crippen LogP) is 2.99. The Labute approximate surface area is 115 Å². The lowest BCUT2D eigenvalue weighted by molar-refractivity contribution is 1.22. The molecular formula is C14H12N4S. The van der Waals surface area contributed by atoms with Crippen LogP contribution in [0.4, 0.5) is 5.00 Å². The van der Waals surface area contributed by atoms with Crippen LogP contribution in [0.5, 0.6) is 0 Å². The first-order valence-corrected chi connectivity index (χ1v) is 6.74. The van der Waals surface area contributed by atoms with Gasteiger partial charge in [-0.3, -0.25) is 20.7 Å². The van der Waals surface area contributed by atoms with Crippen molar-refractivity contribution in [2.45, 2.75) is 0 Å². The molecule has 2 heterocycles. The fraction of sp³-hybridized carbons (Fsp3) is 0.0714. The minimum absolute atomic E-state index is 0.293. The van der Waals surface area contributed by atoms with Gasteiger partial charge in [0.1, 0.15) is 10.8 Å². The van der Waals surface area contributed by atoms with Crippen LogP contribution in [0.1, 0.15) is 11.1 Å². The Morgan fingerprint density at radius 2 is 2.00 bits per heavy atom. The normalized spacial score (nSPS) is 14.6. The number of thiophene rings is 1. The van der Waals surface area contributed by atoms with Crippen LogP contribution >= 0.6 is 11.3 Å². The second kappa shape index (κ2) is 4.78. The molecule has 5 heteroatoms. The maximum absolute atomic E-state index is 7.98. The molecule has 0 fully saturated rings. The first-order valence-electron chi connectivity index (χ1n) is 5.86. The Kier molecular flexibility index (Phi) is 2.97. The Balaban J connectivity index is 2.17. The molecule has 94 valence electrons. The summed E-state index contributed by atoms with van der Waals surface area (Å²) in [5.74, 6) is 0.324. The number of rotatable bonds is 2. The van der Waals surface area contributed by atoms with E-state index in [9.17, 15) is 0 Å². The van der Waals surface area contributed by atoms with Crippen LogP contribution in [0.25, 0.3) is 0 Å². The Morgan fingerprint density at radius 1 is 1.21 bits per heavy atom. The van der Waals surface area contributed by atoms with E-state index in [0.717, 1.165) is 21.8 Å². The molecule has 0 spiro atoms. The first kappa shape index (κ1) is 11.8. The minimum atomic E-state index is 0.293. The summed E-state index contributed by atoms with van der Waals surface area (Å²) in [5.41, 5.74) is 2.93. The van der Waals surface area contributed by atoms with E-state index in [2.05, 4.69) is 4.99 Å². The van der Waals surface area contributed by atoms with Crippen molar-refractivity contribution in [3.05, 3.63) is 52.9 Å². The van der Waals surface area contributed by atoms with Gasteiger partial charge in [-0.25, -0.2) is 0 Å². The second-order valence-electron chi connectivity index (χ2n) is 4.12. The number of amidine groups is 1. The Hall–Kier alpha value is -2.27. The quantitative estimate of drug-likeness (QED) is 0.638. The molecule has 1 aliphatic rings. The number of hydrogen-bond acceptors (Lipinski definition) is 4. The van der Waals surface area contributed by atoms with Crippen LogP contribution < -0.4 is 4.90 Å². The molecule has 2 N–H and O–H groups in total. The van der Waals surface area contributed by atoms with Crippen LogP contribution in [0.15, 0.2) is 46.8 Å². The molecule has 1 aromatic carbocycles. The molecule has 0 bridgehead atoms. The number of anilines is 1. The van der Waals surface area contributed by atoms with Crippen molar-refractivity contribution in [3.8, 4) is 0 Å². The Morgan fingerprint density at radius 3 is 2.74 bits per heavy atom. The summed E-state index contributed by atoms with van der Waals surface area (Å²) in [6.07, 6.45) is 1.18. The molecule has 4 nitrogen and oxygen atoms in total. The standard InChI is InChI=1S/C14H12N4S/c15-9-18-12(16)8-17-13(10-4-2-1-3-5-10)11-6-7-19-14(11)18/h1-7,9,15-16H,8H2. The molecule has 0 amide bonds. The van der Waals surface area contributed by atoms with Crippen molar-refractivity contribution in [1.82, 2.24) is 0 Å². The summed E-state index contributed by atoms with van der Waals surface area (Å²) >= 11 is 1.53. The summed E-state index contributed by atoms with van der Waals surface area (Å²) in [6.45, 7) is 0.293. The van der Waals surface area contributed by atoms with Crippen LogP contribution in [-0.4, -0.2) is 24.4 Å². The predicted molar refractivity (Wildman–Crippen MR) is 80.3 cm³/mol. The van der Waals surface area contributed by atoms with Gasteiger partial charge in [-0.15, -0.1) is 11.3 Å². The fourth-order valence-electron chi connectivity index (χ4n) is 2.09. The van der Waals surface area contributed by atoms with Gasteiger partial charge in [0.2, 0.25) is 0 Å². The molecule has 0 atom stereocenters. The average molecular weight is 268 g/mol. The minimum Gasteiger partial charge on any atom is -0.291 e. The lowest BCUT2D eigenvalue weighted by Crippen LogP contribution is -2.29. The van der Waals surface area contributed by atoms with Gasteiger partial charge in [-0.1, -0.05) is 30.3 Å². The van der Waals surface area contributed by atoms with Crippen molar-refractivity contribution in [3.63, 3.8) is 0 Å². The highest BCUT2D eigenvalue weighted by atomic mass is 32.1. The van der Waals surface area contributed by atoms with Crippen molar-refractivity contribution in [2.75, 3.05) is 11.4 Å². The third-order valence-electron chi connectivity index (χ3n) is 2.97. The topological polar surface area (TPSA) is 63.3 Å². The maximum atomic E-state index is 7.98. The maximum Gasteiger partial charge on any atom is 0.128 e. The van der Waals surface area contributed by atoms with E-state index in [1.807, 2.05) is 41.8 Å². The van der Waals surface area contributed by atoms with Crippen LogP contribution in [-0.2, 0) is 0 Å². The van der Waals surface area contributed by atoms with E-state index in [1.165, 1.54) is 17.7 Å². The van der Waals surface area contributed by atoms with E-state index >= 15 is 0 Å². The van der Waals surface area contributed by atoms with Crippen molar-refractivity contribution in [1.29, 1.82) is 10.8 Å². The summed E-state index contributed by atoms with van der Waals surface area (Å²) in [5, 5.41) is 18.3. The highest BCUT2D eigenvalue weighted by molar-refractivity contribution is 7.15. The van der Waals surface area contributed by atoms with Gasteiger partial charge in [-0.05, 0) is 11.4 Å². The molecule has 0 aliphatic carbocycles. The van der Waals surface area contributed by atoms with Crippen LogP contribution in [0, 0.1) is 10.8 Å². The van der Waals surface area contributed by atoms with Gasteiger partial charge in [0.05, 0.1) is 18.6 Å². The highest BCUT2D eigenvalue weighted by Crippen LogP contribution is 2.31. The van der Waals surface area contributed by atoms with Gasteiger partial charge in [0, 0.05) is 11.1 Å². The number of fused-ring (bicyclic) bond motifs is 1. The number of aliphatic imine (C=N–C) groups is 1. The average Bonchev–Trinajstić information content (AvgIpc) is 2.86. The SMILES string of the molecule is N=CN1C(=N)CN=C(c2ccccc2)c2ccsc21. The zero-order chi connectivity index (χ0) is 13.2. The molecule has 2 aromatic rings. The number of nitrogens with one attached hydrogen (secondary N) is 2.